The SMILES string of the molecule is NC1CCN(CC(=O)Nc2cccc(S(N)(=O)=O)c2)CC1. The van der Waals surface area contributed by atoms with Gasteiger partial charge in [0.1, 0.15) is 0 Å². The van der Waals surface area contributed by atoms with E-state index in [1.807, 2.05) is 4.90 Å². The number of carbonyl (C=O) groups excluding carboxylic acids is 1. The molecule has 0 spiro atoms. The van der Waals surface area contributed by atoms with Crippen LogP contribution in [0.2, 0.25) is 0 Å². The van der Waals surface area contributed by atoms with Crippen LogP contribution in [0.4, 0.5) is 5.69 Å². The standard InChI is InChI=1S/C13H20N4O3S/c14-10-4-6-17(7-5-10)9-13(18)16-11-2-1-3-12(8-11)21(15,19)20/h1-3,8,10H,4-7,9,14H2,(H,16,18)(H2,15,19,20). The Kier molecular flexibility index (Phi) is 4.94. The fraction of sp³-hybridized carbons (Fsp3) is 0.462. The number of benzene rings is 1. The van der Waals surface area contributed by atoms with Crippen LogP contribution in [0.15, 0.2) is 29.2 Å². The van der Waals surface area contributed by atoms with Gasteiger partial charge in [0.15, 0.2) is 0 Å². The van der Waals surface area contributed by atoms with Crippen molar-refractivity contribution in [1.82, 2.24) is 4.90 Å². The topological polar surface area (TPSA) is 119 Å². The molecule has 0 saturated carbocycles. The number of carbonyl (C=O) groups is 1. The number of primary sulfonamides is 1. The molecule has 1 aromatic carbocycles. The third-order valence-electron chi connectivity index (χ3n) is 3.45. The monoisotopic (exact) mass is 312 g/mol. The van der Waals surface area contributed by atoms with E-state index in [0.29, 0.717) is 5.69 Å². The van der Waals surface area contributed by atoms with E-state index in [9.17, 15) is 13.2 Å². The molecule has 8 heteroatoms. The van der Waals surface area contributed by atoms with Crippen molar-refractivity contribution in [3.8, 4) is 0 Å². The summed E-state index contributed by atoms with van der Waals surface area (Å²) in [5, 5.41) is 7.74. The smallest absolute Gasteiger partial charge is 0.238 e. The van der Waals surface area contributed by atoms with Crippen LogP contribution in [0, 0.1) is 0 Å². The van der Waals surface area contributed by atoms with Gasteiger partial charge >= 0.3 is 0 Å². The van der Waals surface area contributed by atoms with Crippen LogP contribution in [0.5, 0.6) is 0 Å². The summed E-state index contributed by atoms with van der Waals surface area (Å²) in [6.45, 7) is 1.87. The predicted octanol–water partition coefficient (Wildman–Crippen LogP) is -0.304. The van der Waals surface area contributed by atoms with Crippen LogP contribution in [0.1, 0.15) is 12.8 Å². The molecular weight excluding hydrogens is 292 g/mol. The van der Waals surface area contributed by atoms with Gasteiger partial charge in [-0.05, 0) is 31.0 Å². The molecule has 1 fully saturated rings. The third kappa shape index (κ3) is 4.78. The molecule has 7 nitrogen and oxygen atoms in total. The molecule has 0 bridgehead atoms. The minimum Gasteiger partial charge on any atom is -0.328 e. The molecule has 0 aromatic heterocycles. The summed E-state index contributed by atoms with van der Waals surface area (Å²) in [5.41, 5.74) is 6.23. The van der Waals surface area contributed by atoms with Crippen molar-refractivity contribution in [3.63, 3.8) is 0 Å². The van der Waals surface area contributed by atoms with Gasteiger partial charge in [0, 0.05) is 24.8 Å². The second kappa shape index (κ2) is 6.52. The minimum atomic E-state index is -3.77. The molecule has 2 rings (SSSR count). The van der Waals surface area contributed by atoms with E-state index in [0.717, 1.165) is 25.9 Å². The van der Waals surface area contributed by atoms with Crippen molar-refractivity contribution in [2.75, 3.05) is 25.0 Å². The van der Waals surface area contributed by atoms with Crippen LogP contribution in [0.3, 0.4) is 0 Å². The van der Waals surface area contributed by atoms with Gasteiger partial charge in [0.05, 0.1) is 11.4 Å². The molecule has 21 heavy (non-hydrogen) atoms. The van der Waals surface area contributed by atoms with Gasteiger partial charge < -0.3 is 11.1 Å². The zero-order valence-electron chi connectivity index (χ0n) is 11.7. The summed E-state index contributed by atoms with van der Waals surface area (Å²) in [6.07, 6.45) is 1.77. The van der Waals surface area contributed by atoms with Crippen molar-refractivity contribution in [1.29, 1.82) is 0 Å². The van der Waals surface area contributed by atoms with E-state index >= 15 is 0 Å². The number of nitrogens with zero attached hydrogens (tertiary/aromatic N) is 1. The lowest BCUT2D eigenvalue weighted by molar-refractivity contribution is -0.117. The Morgan fingerprint density at radius 3 is 2.62 bits per heavy atom. The lowest BCUT2D eigenvalue weighted by Crippen LogP contribution is -2.43. The van der Waals surface area contributed by atoms with Crippen molar-refractivity contribution in [2.45, 2.75) is 23.8 Å². The Morgan fingerprint density at radius 2 is 2.00 bits per heavy atom. The Morgan fingerprint density at radius 1 is 1.33 bits per heavy atom. The number of rotatable bonds is 4. The number of amides is 1. The van der Waals surface area contributed by atoms with E-state index in [4.69, 9.17) is 10.9 Å². The third-order valence-corrected chi connectivity index (χ3v) is 4.36. The van der Waals surface area contributed by atoms with E-state index in [1.54, 1.807) is 6.07 Å². The lowest BCUT2D eigenvalue weighted by atomic mass is 10.1. The molecule has 0 aliphatic carbocycles. The Hall–Kier alpha value is -1.48. The maximum Gasteiger partial charge on any atom is 0.238 e. The number of hydrogen-bond acceptors (Lipinski definition) is 5. The van der Waals surface area contributed by atoms with E-state index in [1.165, 1.54) is 18.2 Å². The lowest BCUT2D eigenvalue weighted by Gasteiger charge is -2.29. The molecule has 1 saturated heterocycles. The average Bonchev–Trinajstić information content (AvgIpc) is 2.41. The number of nitrogens with one attached hydrogen (secondary N) is 1. The second-order valence-electron chi connectivity index (χ2n) is 5.23. The molecule has 1 amide bonds. The zero-order chi connectivity index (χ0) is 15.5. The summed E-state index contributed by atoms with van der Waals surface area (Å²) in [7, 11) is -3.77. The van der Waals surface area contributed by atoms with Crippen LogP contribution in [-0.4, -0.2) is 44.9 Å². The molecular formula is C13H20N4O3S. The first-order valence-electron chi connectivity index (χ1n) is 6.75. The first-order valence-corrected chi connectivity index (χ1v) is 8.30. The summed E-state index contributed by atoms with van der Waals surface area (Å²) in [5.74, 6) is -0.183. The van der Waals surface area contributed by atoms with E-state index in [-0.39, 0.29) is 23.4 Å². The molecule has 5 N–H and O–H groups in total. The number of likely N-dealkylation sites (tertiary alicyclic amines) is 1. The highest BCUT2D eigenvalue weighted by Crippen LogP contribution is 2.14. The summed E-state index contributed by atoms with van der Waals surface area (Å²) < 4.78 is 22.5. The maximum atomic E-state index is 12.0. The van der Waals surface area contributed by atoms with Crippen LogP contribution < -0.4 is 16.2 Å². The van der Waals surface area contributed by atoms with Gasteiger partial charge in [-0.2, -0.15) is 0 Å². The fourth-order valence-electron chi connectivity index (χ4n) is 2.27. The molecule has 0 atom stereocenters. The summed E-state index contributed by atoms with van der Waals surface area (Å²) >= 11 is 0. The highest BCUT2D eigenvalue weighted by Gasteiger charge is 2.18. The number of hydrogen-bond donors (Lipinski definition) is 3. The first kappa shape index (κ1) is 15.9. The van der Waals surface area contributed by atoms with Crippen LogP contribution in [-0.2, 0) is 14.8 Å². The fourth-order valence-corrected chi connectivity index (χ4v) is 2.82. The second-order valence-corrected chi connectivity index (χ2v) is 6.80. The van der Waals surface area contributed by atoms with Gasteiger partial charge in [0.25, 0.3) is 0 Å². The minimum absolute atomic E-state index is 0.0238. The summed E-state index contributed by atoms with van der Waals surface area (Å²) in [4.78, 5) is 14.0. The van der Waals surface area contributed by atoms with Crippen molar-refractivity contribution in [2.24, 2.45) is 10.9 Å². The Labute approximate surface area is 124 Å². The molecule has 1 aromatic rings. The van der Waals surface area contributed by atoms with Crippen molar-refractivity contribution < 1.29 is 13.2 Å². The van der Waals surface area contributed by atoms with Gasteiger partial charge in [0.2, 0.25) is 15.9 Å². The van der Waals surface area contributed by atoms with Gasteiger partial charge in [-0.1, -0.05) is 6.07 Å². The molecule has 0 unspecified atom stereocenters. The number of sulfonamides is 1. The van der Waals surface area contributed by atoms with Crippen LogP contribution in [0.25, 0.3) is 0 Å². The molecule has 116 valence electrons. The largest absolute Gasteiger partial charge is 0.328 e. The molecule has 0 radical (unpaired) electrons. The highest BCUT2D eigenvalue weighted by molar-refractivity contribution is 7.89. The Balaban J connectivity index is 1.94. The van der Waals surface area contributed by atoms with E-state index < -0.39 is 10.0 Å². The first-order chi connectivity index (χ1) is 9.84. The van der Waals surface area contributed by atoms with Crippen molar-refractivity contribution >= 4 is 21.6 Å². The number of anilines is 1. The number of nitrogens with two attached hydrogens (primary N) is 2. The average molecular weight is 312 g/mol. The van der Waals surface area contributed by atoms with Crippen LogP contribution >= 0.6 is 0 Å². The summed E-state index contributed by atoms with van der Waals surface area (Å²) in [6, 6.07) is 6.11. The molecule has 1 aliphatic rings. The van der Waals surface area contributed by atoms with Gasteiger partial charge in [-0.3, -0.25) is 9.69 Å². The normalized spacial score (nSPS) is 17.6. The Bertz CT molecular complexity index is 610. The zero-order valence-corrected chi connectivity index (χ0v) is 12.5. The van der Waals surface area contributed by atoms with Crippen molar-refractivity contribution in [3.05, 3.63) is 24.3 Å². The van der Waals surface area contributed by atoms with E-state index in [2.05, 4.69) is 5.32 Å². The molecule has 1 heterocycles. The highest BCUT2D eigenvalue weighted by atomic mass is 32.2. The number of piperidine rings is 1. The van der Waals surface area contributed by atoms with Gasteiger partial charge in [-0.25, -0.2) is 13.6 Å². The quantitative estimate of drug-likeness (QED) is 0.705. The molecule has 1 aliphatic heterocycles. The predicted molar refractivity (Wildman–Crippen MR) is 80.1 cm³/mol. The van der Waals surface area contributed by atoms with Gasteiger partial charge in [-0.15, -0.1) is 0 Å². The maximum absolute atomic E-state index is 12.0.